The van der Waals surface area contributed by atoms with Crippen LogP contribution in [0.4, 0.5) is 5.69 Å². The summed E-state index contributed by atoms with van der Waals surface area (Å²) in [6.07, 6.45) is 1.13. The third kappa shape index (κ3) is 4.83. The number of carbonyl (C=O) groups is 1. The number of nitrogens with one attached hydrogen (secondary N) is 1. The number of carbonyl (C=O) groups excluding carboxylic acids is 1. The molecule has 1 aliphatic heterocycles. The molecule has 4 nitrogen and oxygen atoms in total. The first-order chi connectivity index (χ1) is 11.9. The van der Waals surface area contributed by atoms with Gasteiger partial charge in [-0.1, -0.05) is 24.3 Å². The highest BCUT2D eigenvalue weighted by Crippen LogP contribution is 2.34. The van der Waals surface area contributed by atoms with Crippen LogP contribution >= 0.6 is 0 Å². The second-order valence-corrected chi connectivity index (χ2v) is 7.06. The molecule has 0 aromatic heterocycles. The van der Waals surface area contributed by atoms with Crippen LogP contribution in [0.3, 0.4) is 0 Å². The zero-order chi connectivity index (χ0) is 17.9. The number of hydrogen-bond acceptors (Lipinski definition) is 3. The molecule has 0 spiro atoms. The lowest BCUT2D eigenvalue weighted by Crippen LogP contribution is -2.31. The minimum Gasteiger partial charge on any atom is -0.463 e. The fourth-order valence-electron chi connectivity index (χ4n) is 3.40. The summed E-state index contributed by atoms with van der Waals surface area (Å²) in [5.41, 5.74) is 3.14. The van der Waals surface area contributed by atoms with Crippen LogP contribution in [-0.2, 0) is 9.53 Å². The smallest absolute Gasteiger partial charge is 0.224 e. The van der Waals surface area contributed by atoms with Crippen LogP contribution in [0, 0.1) is 19.8 Å². The van der Waals surface area contributed by atoms with Crippen LogP contribution in [0.25, 0.3) is 0 Å². The summed E-state index contributed by atoms with van der Waals surface area (Å²) in [6.45, 7) is 6.52. The summed E-state index contributed by atoms with van der Waals surface area (Å²) in [7, 11) is 0. The molecule has 1 N–H and O–H groups in total. The molecule has 2 atom stereocenters. The monoisotopic (exact) mass is 339 g/mol. The van der Waals surface area contributed by atoms with Gasteiger partial charge in [0.25, 0.3) is 0 Å². The van der Waals surface area contributed by atoms with E-state index in [2.05, 4.69) is 11.4 Å². The summed E-state index contributed by atoms with van der Waals surface area (Å²) in [5, 5.41) is 2.99. The molecule has 3 rings (SSSR count). The van der Waals surface area contributed by atoms with Crippen molar-refractivity contribution in [1.82, 2.24) is 0 Å². The average molecular weight is 339 g/mol. The number of anilines is 1. The Labute approximate surface area is 149 Å². The standard InChI is InChI=1S/C21H25NO3/c1-15-9-16(2)11-18(10-15)22-20(23)12-17-13-21(3,24-14-17)25-19-7-5-4-6-8-19/h4-11,17H,12-14H2,1-3H3,(H,22,23). The number of rotatable bonds is 5. The van der Waals surface area contributed by atoms with E-state index in [0.29, 0.717) is 19.4 Å². The average Bonchev–Trinajstić information content (AvgIpc) is 2.87. The summed E-state index contributed by atoms with van der Waals surface area (Å²) < 4.78 is 11.8. The minimum absolute atomic E-state index is 0.0163. The molecule has 1 fully saturated rings. The Balaban J connectivity index is 1.54. The summed E-state index contributed by atoms with van der Waals surface area (Å²) in [6, 6.07) is 15.7. The van der Waals surface area contributed by atoms with Crippen molar-refractivity contribution in [2.24, 2.45) is 5.92 Å². The molecule has 0 saturated carbocycles. The van der Waals surface area contributed by atoms with Crippen LogP contribution in [0.5, 0.6) is 5.75 Å². The lowest BCUT2D eigenvalue weighted by atomic mass is 10.00. The quantitative estimate of drug-likeness (QED) is 0.874. The van der Waals surface area contributed by atoms with Gasteiger partial charge in [0.1, 0.15) is 5.75 Å². The Morgan fingerprint density at radius 1 is 1.20 bits per heavy atom. The fraction of sp³-hybridized carbons (Fsp3) is 0.381. The Hall–Kier alpha value is -2.33. The fourth-order valence-corrected chi connectivity index (χ4v) is 3.40. The molecule has 132 valence electrons. The maximum atomic E-state index is 12.4. The zero-order valence-corrected chi connectivity index (χ0v) is 15.0. The van der Waals surface area contributed by atoms with Gasteiger partial charge in [-0.05, 0) is 55.2 Å². The first-order valence-corrected chi connectivity index (χ1v) is 8.68. The van der Waals surface area contributed by atoms with Crippen molar-refractivity contribution in [3.05, 3.63) is 59.7 Å². The molecular weight excluding hydrogens is 314 g/mol. The van der Waals surface area contributed by atoms with Crippen LogP contribution in [-0.4, -0.2) is 18.3 Å². The largest absolute Gasteiger partial charge is 0.463 e. The molecule has 0 bridgehead atoms. The van der Waals surface area contributed by atoms with Gasteiger partial charge in [0.2, 0.25) is 11.7 Å². The normalized spacial score (nSPS) is 22.6. The molecule has 2 unspecified atom stereocenters. The van der Waals surface area contributed by atoms with Gasteiger partial charge in [0.05, 0.1) is 6.61 Å². The molecule has 1 saturated heterocycles. The first-order valence-electron chi connectivity index (χ1n) is 8.68. The van der Waals surface area contributed by atoms with Crippen LogP contribution < -0.4 is 10.1 Å². The van der Waals surface area contributed by atoms with Crippen LogP contribution in [0.1, 0.15) is 30.9 Å². The number of para-hydroxylation sites is 1. The van der Waals surface area contributed by atoms with Crippen molar-refractivity contribution in [3.8, 4) is 5.75 Å². The van der Waals surface area contributed by atoms with Gasteiger partial charge in [0.15, 0.2) is 0 Å². The van der Waals surface area contributed by atoms with Gasteiger partial charge >= 0.3 is 0 Å². The van der Waals surface area contributed by atoms with E-state index in [4.69, 9.17) is 9.47 Å². The van der Waals surface area contributed by atoms with Gasteiger partial charge in [0, 0.05) is 25.5 Å². The molecular formula is C21H25NO3. The van der Waals surface area contributed by atoms with Gasteiger partial charge in [-0.3, -0.25) is 4.79 Å². The first kappa shape index (κ1) is 17.5. The van der Waals surface area contributed by atoms with E-state index < -0.39 is 5.79 Å². The van der Waals surface area contributed by atoms with E-state index in [1.807, 2.05) is 63.2 Å². The summed E-state index contributed by atoms with van der Waals surface area (Å²) >= 11 is 0. The van der Waals surface area contributed by atoms with E-state index in [1.54, 1.807) is 0 Å². The molecule has 1 aliphatic rings. The van der Waals surface area contributed by atoms with Crippen LogP contribution in [0.15, 0.2) is 48.5 Å². The summed E-state index contributed by atoms with van der Waals surface area (Å²) in [4.78, 5) is 12.4. The molecule has 0 radical (unpaired) electrons. The van der Waals surface area contributed by atoms with E-state index >= 15 is 0 Å². The summed E-state index contributed by atoms with van der Waals surface area (Å²) in [5.74, 6) is 0.277. The lowest BCUT2D eigenvalue weighted by Gasteiger charge is -2.25. The highest BCUT2D eigenvalue weighted by Gasteiger charge is 2.39. The SMILES string of the molecule is Cc1cc(C)cc(NC(=O)CC2COC(C)(Oc3ccccc3)C2)c1. The van der Waals surface area contributed by atoms with E-state index in [1.165, 1.54) is 0 Å². The van der Waals surface area contributed by atoms with Gasteiger partial charge in [-0.2, -0.15) is 0 Å². The topological polar surface area (TPSA) is 47.6 Å². The molecule has 0 aliphatic carbocycles. The van der Waals surface area contributed by atoms with Gasteiger partial charge < -0.3 is 14.8 Å². The molecule has 1 heterocycles. The van der Waals surface area contributed by atoms with Gasteiger partial charge in [-0.25, -0.2) is 0 Å². The predicted octanol–water partition coefficient (Wildman–Crippen LogP) is 4.46. The second-order valence-electron chi connectivity index (χ2n) is 7.06. The van der Waals surface area contributed by atoms with Crippen LogP contribution in [0.2, 0.25) is 0 Å². The van der Waals surface area contributed by atoms with Crippen molar-refractivity contribution in [2.45, 2.75) is 39.4 Å². The zero-order valence-electron chi connectivity index (χ0n) is 15.0. The van der Waals surface area contributed by atoms with Crippen molar-refractivity contribution < 1.29 is 14.3 Å². The Morgan fingerprint density at radius 2 is 1.88 bits per heavy atom. The van der Waals surface area contributed by atoms with Crippen molar-refractivity contribution >= 4 is 11.6 Å². The predicted molar refractivity (Wildman–Crippen MR) is 98.7 cm³/mol. The Kier molecular flexibility index (Phi) is 5.09. The third-order valence-corrected chi connectivity index (χ3v) is 4.34. The second kappa shape index (κ2) is 7.28. The number of amides is 1. The third-order valence-electron chi connectivity index (χ3n) is 4.34. The van der Waals surface area contributed by atoms with Crippen molar-refractivity contribution in [2.75, 3.05) is 11.9 Å². The van der Waals surface area contributed by atoms with E-state index in [9.17, 15) is 4.79 Å². The lowest BCUT2D eigenvalue weighted by molar-refractivity contribution is -0.134. The molecule has 2 aromatic carbocycles. The maximum Gasteiger partial charge on any atom is 0.224 e. The highest BCUT2D eigenvalue weighted by molar-refractivity contribution is 5.91. The number of benzene rings is 2. The van der Waals surface area contributed by atoms with Crippen molar-refractivity contribution in [1.29, 1.82) is 0 Å². The van der Waals surface area contributed by atoms with E-state index in [0.717, 1.165) is 22.6 Å². The number of ether oxygens (including phenoxy) is 2. The Bertz CT molecular complexity index is 724. The molecule has 25 heavy (non-hydrogen) atoms. The number of hydrogen-bond donors (Lipinski definition) is 1. The highest BCUT2D eigenvalue weighted by atomic mass is 16.7. The molecule has 2 aromatic rings. The van der Waals surface area contributed by atoms with Crippen molar-refractivity contribution in [3.63, 3.8) is 0 Å². The Morgan fingerprint density at radius 3 is 2.56 bits per heavy atom. The van der Waals surface area contributed by atoms with E-state index in [-0.39, 0.29) is 11.8 Å². The molecule has 1 amide bonds. The number of aryl methyl sites for hydroxylation is 2. The maximum absolute atomic E-state index is 12.4. The minimum atomic E-state index is -0.674. The molecule has 4 heteroatoms. The van der Waals surface area contributed by atoms with Gasteiger partial charge in [-0.15, -0.1) is 0 Å².